The lowest BCUT2D eigenvalue weighted by Gasteiger charge is -2.07. The second-order valence-corrected chi connectivity index (χ2v) is 8.33. The van der Waals surface area contributed by atoms with Crippen molar-refractivity contribution in [2.45, 2.75) is 110 Å². The number of ether oxygens (including phenoxy) is 1. The van der Waals surface area contributed by atoms with Crippen molar-refractivity contribution in [1.29, 1.82) is 0 Å². The smallest absolute Gasteiger partial charge is 0.310 e. The summed E-state index contributed by atoms with van der Waals surface area (Å²) in [7, 11) is 0. The summed E-state index contributed by atoms with van der Waals surface area (Å²) in [5.41, 5.74) is 0.407. The molecular formula is C25H42O5. The minimum absolute atomic E-state index is 0.0415. The number of unbranched alkanes of at least 4 members (excludes halogenated alkanes) is 14. The van der Waals surface area contributed by atoms with Crippen LogP contribution in [-0.4, -0.2) is 27.9 Å². The van der Waals surface area contributed by atoms with Crippen LogP contribution in [-0.2, 0) is 16.0 Å². The Morgan fingerprint density at radius 2 is 1.10 bits per heavy atom. The monoisotopic (exact) mass is 422 g/mol. The van der Waals surface area contributed by atoms with Gasteiger partial charge in [-0.05, 0) is 24.1 Å². The lowest BCUT2D eigenvalue weighted by molar-refractivity contribution is -0.142. The largest absolute Gasteiger partial charge is 0.504 e. The Hall–Kier alpha value is -1.91. The van der Waals surface area contributed by atoms with Crippen molar-refractivity contribution < 1.29 is 24.9 Å². The molecule has 0 spiro atoms. The quantitative estimate of drug-likeness (QED) is 0.138. The first-order chi connectivity index (χ1) is 14.5. The zero-order valence-corrected chi connectivity index (χ0v) is 18.8. The summed E-state index contributed by atoms with van der Waals surface area (Å²) in [4.78, 5) is 11.8. The van der Waals surface area contributed by atoms with E-state index in [1.807, 2.05) is 0 Å². The fourth-order valence-corrected chi connectivity index (χ4v) is 3.64. The zero-order valence-electron chi connectivity index (χ0n) is 18.8. The van der Waals surface area contributed by atoms with Crippen LogP contribution in [0.2, 0.25) is 0 Å². The molecule has 1 rings (SSSR count). The van der Waals surface area contributed by atoms with Gasteiger partial charge in [0.05, 0.1) is 13.0 Å². The first-order valence-electron chi connectivity index (χ1n) is 11.9. The third-order valence-corrected chi connectivity index (χ3v) is 5.49. The van der Waals surface area contributed by atoms with Gasteiger partial charge in [-0.1, -0.05) is 96.8 Å². The van der Waals surface area contributed by atoms with E-state index >= 15 is 0 Å². The van der Waals surface area contributed by atoms with Crippen molar-refractivity contribution in [2.75, 3.05) is 6.61 Å². The van der Waals surface area contributed by atoms with Crippen LogP contribution < -0.4 is 0 Å². The van der Waals surface area contributed by atoms with Crippen LogP contribution >= 0.6 is 0 Å². The van der Waals surface area contributed by atoms with Crippen molar-refractivity contribution >= 4 is 5.97 Å². The Morgan fingerprint density at radius 3 is 1.53 bits per heavy atom. The average molecular weight is 423 g/mol. The number of phenols is 3. The maximum Gasteiger partial charge on any atom is 0.310 e. The Kier molecular flexibility index (Phi) is 14.7. The van der Waals surface area contributed by atoms with Crippen molar-refractivity contribution in [3.63, 3.8) is 0 Å². The molecular weight excluding hydrogens is 380 g/mol. The van der Waals surface area contributed by atoms with Gasteiger partial charge >= 0.3 is 5.97 Å². The number of phenolic OH excluding ortho intramolecular Hbond substituents is 3. The van der Waals surface area contributed by atoms with Crippen molar-refractivity contribution in [1.82, 2.24) is 0 Å². The van der Waals surface area contributed by atoms with Crippen molar-refractivity contribution in [3.05, 3.63) is 17.7 Å². The lowest BCUT2D eigenvalue weighted by atomic mass is 10.0. The lowest BCUT2D eigenvalue weighted by Crippen LogP contribution is -2.09. The summed E-state index contributed by atoms with van der Waals surface area (Å²) in [6.07, 6.45) is 19.4. The summed E-state index contributed by atoms with van der Waals surface area (Å²) in [5.74, 6) is -1.87. The molecule has 1 aromatic carbocycles. The minimum Gasteiger partial charge on any atom is -0.504 e. The van der Waals surface area contributed by atoms with Gasteiger partial charge in [0.25, 0.3) is 0 Å². The molecule has 0 saturated carbocycles. The van der Waals surface area contributed by atoms with Crippen LogP contribution in [0.1, 0.15) is 109 Å². The van der Waals surface area contributed by atoms with Gasteiger partial charge < -0.3 is 20.1 Å². The summed E-state index contributed by atoms with van der Waals surface area (Å²) < 4.78 is 5.20. The van der Waals surface area contributed by atoms with Crippen molar-refractivity contribution in [3.8, 4) is 17.2 Å². The molecule has 5 nitrogen and oxygen atoms in total. The highest BCUT2D eigenvalue weighted by Crippen LogP contribution is 2.35. The number of rotatable bonds is 18. The third-order valence-electron chi connectivity index (χ3n) is 5.49. The molecule has 5 heteroatoms. The molecule has 0 aliphatic carbocycles. The van der Waals surface area contributed by atoms with E-state index in [2.05, 4.69) is 6.92 Å². The predicted octanol–water partition coefficient (Wildman–Crippen LogP) is 6.76. The molecule has 0 unspecified atom stereocenters. The first kappa shape index (κ1) is 26.1. The number of aromatic hydroxyl groups is 3. The SMILES string of the molecule is CCCCCCCCCCCCCCCCCOC(=O)Cc1cc(O)c(O)c(O)c1. The predicted molar refractivity (Wildman–Crippen MR) is 121 cm³/mol. The molecule has 0 heterocycles. The standard InChI is InChI=1S/C25H42O5/c1-2-3-4-5-6-7-8-9-10-11-12-13-14-15-16-17-30-24(28)20-21-18-22(26)25(29)23(27)19-21/h18-19,26-27,29H,2-17,20H2,1H3. The molecule has 0 bridgehead atoms. The van der Waals surface area contributed by atoms with Crippen LogP contribution in [0.4, 0.5) is 0 Å². The van der Waals surface area contributed by atoms with Crippen LogP contribution in [0.25, 0.3) is 0 Å². The van der Waals surface area contributed by atoms with Crippen LogP contribution in [0.15, 0.2) is 12.1 Å². The zero-order chi connectivity index (χ0) is 22.0. The molecule has 0 aromatic heterocycles. The number of benzene rings is 1. The van der Waals surface area contributed by atoms with Crippen LogP contribution in [0.3, 0.4) is 0 Å². The van der Waals surface area contributed by atoms with Crippen LogP contribution in [0, 0.1) is 0 Å². The maximum atomic E-state index is 11.8. The number of hydrogen-bond acceptors (Lipinski definition) is 5. The molecule has 1 aromatic rings. The van der Waals surface area contributed by atoms with E-state index in [0.717, 1.165) is 12.8 Å². The summed E-state index contributed by atoms with van der Waals surface area (Å²) in [6.45, 7) is 2.66. The Balaban J connectivity index is 1.89. The molecule has 0 atom stereocenters. The van der Waals surface area contributed by atoms with E-state index in [4.69, 9.17) is 4.74 Å². The van der Waals surface area contributed by atoms with Crippen LogP contribution in [0.5, 0.6) is 17.2 Å². The normalized spacial score (nSPS) is 11.0. The number of esters is 1. The van der Waals surface area contributed by atoms with Gasteiger partial charge in [0.2, 0.25) is 0 Å². The Labute approximate surface area is 182 Å². The van der Waals surface area contributed by atoms with Gasteiger partial charge in [-0.25, -0.2) is 0 Å². The van der Waals surface area contributed by atoms with E-state index in [1.165, 1.54) is 95.6 Å². The fraction of sp³-hybridized carbons (Fsp3) is 0.720. The van der Waals surface area contributed by atoms with Gasteiger partial charge in [0, 0.05) is 0 Å². The molecule has 0 amide bonds. The number of hydrogen-bond donors (Lipinski definition) is 3. The first-order valence-corrected chi connectivity index (χ1v) is 11.9. The molecule has 172 valence electrons. The van der Waals surface area contributed by atoms with E-state index in [-0.39, 0.29) is 6.42 Å². The molecule has 0 fully saturated rings. The summed E-state index contributed by atoms with van der Waals surface area (Å²) >= 11 is 0. The Morgan fingerprint density at radius 1 is 0.700 bits per heavy atom. The molecule has 30 heavy (non-hydrogen) atoms. The highest BCUT2D eigenvalue weighted by Gasteiger charge is 2.11. The number of carbonyl (C=O) groups excluding carboxylic acids is 1. The van der Waals surface area contributed by atoms with Gasteiger partial charge in [0.15, 0.2) is 17.2 Å². The van der Waals surface area contributed by atoms with E-state index in [1.54, 1.807) is 0 Å². The Bertz CT molecular complexity index is 562. The minimum atomic E-state index is -0.579. The molecule has 3 N–H and O–H groups in total. The topological polar surface area (TPSA) is 87.0 Å². The maximum absolute atomic E-state index is 11.8. The summed E-state index contributed by atoms with van der Waals surface area (Å²) in [5, 5.41) is 28.2. The van der Waals surface area contributed by atoms with Gasteiger partial charge in [-0.3, -0.25) is 4.79 Å². The third kappa shape index (κ3) is 12.6. The van der Waals surface area contributed by atoms with Crippen molar-refractivity contribution in [2.24, 2.45) is 0 Å². The summed E-state index contributed by atoms with van der Waals surface area (Å²) in [6, 6.07) is 2.51. The number of carbonyl (C=O) groups is 1. The second-order valence-electron chi connectivity index (χ2n) is 8.33. The van der Waals surface area contributed by atoms with Gasteiger partial charge in [-0.15, -0.1) is 0 Å². The highest BCUT2D eigenvalue weighted by molar-refractivity contribution is 5.73. The molecule has 0 radical (unpaired) electrons. The average Bonchev–Trinajstić information content (AvgIpc) is 2.71. The van der Waals surface area contributed by atoms with Gasteiger partial charge in [-0.2, -0.15) is 0 Å². The van der Waals surface area contributed by atoms with E-state index in [0.29, 0.717) is 12.2 Å². The van der Waals surface area contributed by atoms with E-state index < -0.39 is 23.2 Å². The van der Waals surface area contributed by atoms with E-state index in [9.17, 15) is 20.1 Å². The fourth-order valence-electron chi connectivity index (χ4n) is 3.64. The second kappa shape index (κ2) is 16.8. The molecule has 0 aliphatic heterocycles. The highest BCUT2D eigenvalue weighted by atomic mass is 16.5. The van der Waals surface area contributed by atoms with Gasteiger partial charge in [0.1, 0.15) is 0 Å². The molecule has 0 aliphatic rings. The molecule has 0 saturated heterocycles.